The van der Waals surface area contributed by atoms with Gasteiger partial charge < -0.3 is 10.8 Å². The van der Waals surface area contributed by atoms with Crippen molar-refractivity contribution in [1.82, 2.24) is 0 Å². The van der Waals surface area contributed by atoms with Crippen molar-refractivity contribution in [3.63, 3.8) is 0 Å². The fraction of sp³-hybridized carbons (Fsp3) is 1.00. The normalized spacial score (nSPS) is 55.4. The van der Waals surface area contributed by atoms with Crippen LogP contribution in [0, 0.1) is 40.9 Å². The molecule has 0 radical (unpaired) electrons. The van der Waals surface area contributed by atoms with E-state index in [0.29, 0.717) is 11.5 Å². The second-order valence-corrected chi connectivity index (χ2v) is 10.3. The summed E-state index contributed by atoms with van der Waals surface area (Å²) in [6.45, 7) is 7.00. The summed E-state index contributed by atoms with van der Waals surface area (Å²) in [7, 11) is 0. The van der Waals surface area contributed by atoms with E-state index in [1.54, 1.807) is 0 Å². The Balaban J connectivity index is 1.53. The Morgan fingerprint density at radius 2 is 1.75 bits per heavy atom. The summed E-state index contributed by atoms with van der Waals surface area (Å²) >= 11 is 0. The standard InChI is InChI=1S/C22H39NO/c1-4-22(24)12-10-16-15(13-22)5-6-18-17(16)9-11-21(3)19(14(2)23)7-8-20(18)21/h14-20,24H,4-13,23H2,1-3H3/t14-,15-,16+,17-,18-,19-,20+,21-,22-/m1/s1. The average Bonchev–Trinajstić information content (AvgIpc) is 2.91. The summed E-state index contributed by atoms with van der Waals surface area (Å²) in [5.41, 5.74) is 6.55. The highest BCUT2D eigenvalue weighted by Crippen LogP contribution is 2.65. The molecule has 4 aliphatic carbocycles. The molecular weight excluding hydrogens is 294 g/mol. The molecule has 4 aliphatic rings. The molecule has 2 nitrogen and oxygen atoms in total. The minimum Gasteiger partial charge on any atom is -0.390 e. The molecule has 0 aliphatic heterocycles. The van der Waals surface area contributed by atoms with Crippen molar-refractivity contribution in [1.29, 1.82) is 0 Å². The highest BCUT2D eigenvalue weighted by molar-refractivity contribution is 5.08. The lowest BCUT2D eigenvalue weighted by Crippen LogP contribution is -2.52. The molecule has 0 unspecified atom stereocenters. The molecule has 3 N–H and O–H groups in total. The van der Waals surface area contributed by atoms with Crippen LogP contribution in [-0.2, 0) is 0 Å². The molecule has 0 aromatic heterocycles. The first kappa shape index (κ1) is 17.3. The lowest BCUT2D eigenvalue weighted by atomic mass is 9.48. The molecule has 4 rings (SSSR count). The van der Waals surface area contributed by atoms with E-state index in [-0.39, 0.29) is 5.60 Å². The third-order valence-corrected chi connectivity index (χ3v) is 9.47. The van der Waals surface area contributed by atoms with E-state index >= 15 is 0 Å². The van der Waals surface area contributed by atoms with Gasteiger partial charge in [0.1, 0.15) is 0 Å². The maximum atomic E-state index is 10.8. The molecule has 9 atom stereocenters. The molecule has 0 aromatic rings. The molecular formula is C22H39NO. The van der Waals surface area contributed by atoms with Crippen molar-refractivity contribution in [3.8, 4) is 0 Å². The van der Waals surface area contributed by atoms with Crippen LogP contribution in [0.4, 0.5) is 0 Å². The molecule has 4 saturated carbocycles. The molecule has 24 heavy (non-hydrogen) atoms. The lowest BCUT2D eigenvalue weighted by molar-refractivity contribution is -0.107. The Labute approximate surface area is 149 Å². The molecule has 138 valence electrons. The quantitative estimate of drug-likeness (QED) is 0.766. The predicted octanol–water partition coefficient (Wildman–Crippen LogP) is 4.74. The van der Waals surface area contributed by atoms with Gasteiger partial charge in [-0.25, -0.2) is 0 Å². The second-order valence-electron chi connectivity index (χ2n) is 10.3. The molecule has 0 heterocycles. The van der Waals surface area contributed by atoms with Gasteiger partial charge >= 0.3 is 0 Å². The van der Waals surface area contributed by atoms with E-state index in [0.717, 1.165) is 54.8 Å². The first-order valence-corrected chi connectivity index (χ1v) is 10.9. The van der Waals surface area contributed by atoms with Crippen molar-refractivity contribution in [2.45, 2.75) is 96.6 Å². The first-order valence-electron chi connectivity index (χ1n) is 10.9. The highest BCUT2D eigenvalue weighted by Gasteiger charge is 2.58. The minimum atomic E-state index is -0.343. The van der Waals surface area contributed by atoms with Gasteiger partial charge in [-0.05, 0) is 112 Å². The molecule has 0 amide bonds. The summed E-state index contributed by atoms with van der Waals surface area (Å²) in [4.78, 5) is 0. The van der Waals surface area contributed by atoms with E-state index in [2.05, 4.69) is 20.8 Å². The zero-order valence-electron chi connectivity index (χ0n) is 16.1. The fourth-order valence-corrected chi connectivity index (χ4v) is 8.19. The lowest BCUT2D eigenvalue weighted by Gasteiger charge is -2.57. The van der Waals surface area contributed by atoms with Gasteiger partial charge in [-0.15, -0.1) is 0 Å². The number of rotatable bonds is 2. The van der Waals surface area contributed by atoms with Crippen LogP contribution in [0.2, 0.25) is 0 Å². The third-order valence-electron chi connectivity index (χ3n) is 9.47. The van der Waals surface area contributed by atoms with Gasteiger partial charge in [-0.2, -0.15) is 0 Å². The SMILES string of the molecule is CC[C@@]1(O)CC[C@H]2[C@H](CC[C@@H]3[C@@H]2CC[C@]2(C)[C@@H]([C@@H](C)N)CC[C@@H]32)C1. The van der Waals surface area contributed by atoms with Crippen molar-refractivity contribution in [2.75, 3.05) is 0 Å². The Morgan fingerprint density at radius 1 is 1.00 bits per heavy atom. The van der Waals surface area contributed by atoms with Gasteiger partial charge in [0.05, 0.1) is 5.60 Å². The van der Waals surface area contributed by atoms with Gasteiger partial charge in [0.2, 0.25) is 0 Å². The average molecular weight is 334 g/mol. The van der Waals surface area contributed by atoms with Crippen LogP contribution in [0.1, 0.15) is 85.0 Å². The van der Waals surface area contributed by atoms with E-state index in [1.165, 1.54) is 44.9 Å². The smallest absolute Gasteiger partial charge is 0.0648 e. The molecule has 0 aromatic carbocycles. The van der Waals surface area contributed by atoms with Crippen LogP contribution in [-0.4, -0.2) is 16.7 Å². The minimum absolute atomic E-state index is 0.343. The van der Waals surface area contributed by atoms with Crippen molar-refractivity contribution >= 4 is 0 Å². The summed E-state index contributed by atoms with van der Waals surface area (Å²) in [6.07, 6.45) is 12.8. The van der Waals surface area contributed by atoms with Crippen molar-refractivity contribution in [3.05, 3.63) is 0 Å². The number of nitrogens with two attached hydrogens (primary N) is 1. The van der Waals surface area contributed by atoms with Gasteiger partial charge in [0.25, 0.3) is 0 Å². The topological polar surface area (TPSA) is 46.2 Å². The van der Waals surface area contributed by atoms with Crippen LogP contribution in [0.15, 0.2) is 0 Å². The molecule has 0 bridgehead atoms. The van der Waals surface area contributed by atoms with E-state index < -0.39 is 0 Å². The third kappa shape index (κ3) is 2.50. The Morgan fingerprint density at radius 3 is 2.46 bits per heavy atom. The molecule has 4 fully saturated rings. The summed E-state index contributed by atoms with van der Waals surface area (Å²) in [5, 5.41) is 10.8. The van der Waals surface area contributed by atoms with E-state index in [4.69, 9.17) is 5.73 Å². The molecule has 0 spiro atoms. The monoisotopic (exact) mass is 333 g/mol. The Bertz CT molecular complexity index is 477. The van der Waals surface area contributed by atoms with Crippen LogP contribution < -0.4 is 5.73 Å². The number of hydrogen-bond acceptors (Lipinski definition) is 2. The summed E-state index contributed by atoms with van der Waals surface area (Å²) in [6, 6.07) is 0.363. The summed E-state index contributed by atoms with van der Waals surface area (Å²) in [5.74, 6) is 5.31. The fourth-order valence-electron chi connectivity index (χ4n) is 8.19. The maximum absolute atomic E-state index is 10.8. The number of hydrogen-bond donors (Lipinski definition) is 2. The number of fused-ring (bicyclic) bond motifs is 5. The Hall–Kier alpha value is -0.0800. The zero-order valence-corrected chi connectivity index (χ0v) is 16.1. The first-order chi connectivity index (χ1) is 11.4. The maximum Gasteiger partial charge on any atom is 0.0648 e. The zero-order chi connectivity index (χ0) is 17.1. The van der Waals surface area contributed by atoms with Gasteiger partial charge in [-0.1, -0.05) is 13.8 Å². The second kappa shape index (κ2) is 5.98. The van der Waals surface area contributed by atoms with E-state index in [9.17, 15) is 5.11 Å². The van der Waals surface area contributed by atoms with Gasteiger partial charge in [-0.3, -0.25) is 0 Å². The van der Waals surface area contributed by atoms with Gasteiger partial charge in [0.15, 0.2) is 0 Å². The predicted molar refractivity (Wildman–Crippen MR) is 99.5 cm³/mol. The van der Waals surface area contributed by atoms with E-state index in [1.807, 2.05) is 0 Å². The summed E-state index contributed by atoms with van der Waals surface area (Å²) < 4.78 is 0. The van der Waals surface area contributed by atoms with Crippen LogP contribution in [0.25, 0.3) is 0 Å². The molecule has 0 saturated heterocycles. The van der Waals surface area contributed by atoms with Crippen molar-refractivity contribution < 1.29 is 5.11 Å². The van der Waals surface area contributed by atoms with Crippen LogP contribution in [0.3, 0.4) is 0 Å². The van der Waals surface area contributed by atoms with Gasteiger partial charge in [0, 0.05) is 6.04 Å². The van der Waals surface area contributed by atoms with Crippen molar-refractivity contribution in [2.24, 2.45) is 46.7 Å². The van der Waals surface area contributed by atoms with Crippen LogP contribution in [0.5, 0.6) is 0 Å². The number of aliphatic hydroxyl groups is 1. The largest absolute Gasteiger partial charge is 0.390 e. The molecule has 2 heteroatoms. The highest BCUT2D eigenvalue weighted by atomic mass is 16.3. The Kier molecular flexibility index (Phi) is 4.32. The van der Waals surface area contributed by atoms with Crippen LogP contribution >= 0.6 is 0 Å².